The largest absolute Gasteiger partial charge is 0.436 e. The Morgan fingerprint density at radius 2 is 1.47 bits per heavy atom. The van der Waals surface area contributed by atoms with Crippen molar-refractivity contribution in [2.75, 3.05) is 7.05 Å². The first-order valence-electron chi connectivity index (χ1n) is 10.6. The highest BCUT2D eigenvalue weighted by Gasteiger charge is 2.31. The van der Waals surface area contributed by atoms with E-state index in [0.29, 0.717) is 12.6 Å². The topological polar surface area (TPSA) is 41.6 Å². The Bertz CT molecular complexity index is 1010. The summed E-state index contributed by atoms with van der Waals surface area (Å²) in [7, 11) is 1.79. The van der Waals surface area contributed by atoms with Gasteiger partial charge in [-0.05, 0) is 35.1 Å². The zero-order valence-corrected chi connectivity index (χ0v) is 17.2. The number of carbonyl (C=O) groups is 1. The van der Waals surface area contributed by atoms with Crippen molar-refractivity contribution in [3.63, 3.8) is 0 Å². The number of amides is 1. The van der Waals surface area contributed by atoms with Crippen LogP contribution in [0.1, 0.15) is 41.2 Å². The number of carbonyl (C=O) groups excluding carboxylic acids is 1. The number of rotatable bonds is 6. The van der Waals surface area contributed by atoms with Crippen LogP contribution >= 0.6 is 0 Å². The van der Waals surface area contributed by atoms with E-state index in [1.807, 2.05) is 36.4 Å². The van der Waals surface area contributed by atoms with Crippen molar-refractivity contribution in [3.8, 4) is 11.1 Å². The predicted molar refractivity (Wildman–Crippen MR) is 118 cm³/mol. The third-order valence-corrected chi connectivity index (χ3v) is 5.92. The summed E-state index contributed by atoms with van der Waals surface area (Å²) in [5.74, 6) is 0. The number of hydrogen-bond acceptors (Lipinski definition) is 3. The van der Waals surface area contributed by atoms with Crippen molar-refractivity contribution >= 4 is 6.09 Å². The van der Waals surface area contributed by atoms with Crippen molar-refractivity contribution < 1.29 is 9.53 Å². The van der Waals surface area contributed by atoms with E-state index < -0.39 is 0 Å². The third-order valence-electron chi connectivity index (χ3n) is 5.92. The first-order valence-corrected chi connectivity index (χ1v) is 10.6. The number of ether oxygens (including phenoxy) is 1. The van der Waals surface area contributed by atoms with Gasteiger partial charge in [-0.25, -0.2) is 4.79 Å². The molecular formula is C26H26N2O2. The highest BCUT2D eigenvalue weighted by atomic mass is 16.6. The van der Waals surface area contributed by atoms with Gasteiger partial charge < -0.3 is 15.0 Å². The Morgan fingerprint density at radius 1 is 0.900 bits per heavy atom. The summed E-state index contributed by atoms with van der Waals surface area (Å²) in [6.07, 6.45) is 1.91. The number of hydrogen-bond donors (Lipinski definition) is 1. The molecule has 4 nitrogen and oxygen atoms in total. The summed E-state index contributed by atoms with van der Waals surface area (Å²) < 4.78 is 5.97. The van der Waals surface area contributed by atoms with Gasteiger partial charge in [0.25, 0.3) is 0 Å². The van der Waals surface area contributed by atoms with Gasteiger partial charge in [-0.2, -0.15) is 0 Å². The Kier molecular flexibility index (Phi) is 5.01. The van der Waals surface area contributed by atoms with Crippen LogP contribution in [0.5, 0.6) is 0 Å². The second-order valence-electron chi connectivity index (χ2n) is 8.27. The highest BCUT2D eigenvalue weighted by Crippen LogP contribution is 2.45. The fourth-order valence-electron chi connectivity index (χ4n) is 4.08. The minimum absolute atomic E-state index is 0.314. The van der Waals surface area contributed by atoms with E-state index in [1.54, 1.807) is 11.9 Å². The van der Waals surface area contributed by atoms with Gasteiger partial charge >= 0.3 is 6.09 Å². The molecule has 1 fully saturated rings. The van der Waals surface area contributed by atoms with Crippen LogP contribution in [0.3, 0.4) is 0 Å². The van der Waals surface area contributed by atoms with Gasteiger partial charge in [-0.1, -0.05) is 72.8 Å². The summed E-state index contributed by atoms with van der Waals surface area (Å²) in [5.41, 5.74) is 6.75. The molecule has 30 heavy (non-hydrogen) atoms. The fraction of sp³-hybridized carbons (Fsp3) is 0.269. The van der Waals surface area contributed by atoms with Crippen LogP contribution < -0.4 is 5.32 Å². The minimum Gasteiger partial charge on any atom is -0.436 e. The Balaban J connectivity index is 1.25. The molecule has 0 saturated heterocycles. The molecule has 152 valence electrons. The van der Waals surface area contributed by atoms with Crippen molar-refractivity contribution in [1.29, 1.82) is 0 Å². The molecule has 0 atom stereocenters. The fourth-order valence-corrected chi connectivity index (χ4v) is 4.08. The molecule has 3 aromatic rings. The highest BCUT2D eigenvalue weighted by molar-refractivity contribution is 5.79. The lowest BCUT2D eigenvalue weighted by atomic mass is 10.1. The molecule has 1 amide bonds. The molecule has 3 aromatic carbocycles. The lowest BCUT2D eigenvalue weighted by molar-refractivity contribution is 0.0843. The second-order valence-corrected chi connectivity index (χ2v) is 8.27. The van der Waals surface area contributed by atoms with E-state index in [9.17, 15) is 4.79 Å². The van der Waals surface area contributed by atoms with Crippen LogP contribution in [0.25, 0.3) is 11.1 Å². The SMILES string of the molecule is CN(Cc1ccc(CNC2CC2)cc1)C(=O)OC1c2ccccc2-c2ccccc21. The maximum atomic E-state index is 12.9. The van der Waals surface area contributed by atoms with Crippen molar-refractivity contribution in [3.05, 3.63) is 95.1 Å². The molecule has 4 heteroatoms. The molecule has 5 rings (SSSR count). The van der Waals surface area contributed by atoms with Crippen LogP contribution in [-0.2, 0) is 17.8 Å². The normalized spacial score (nSPS) is 14.8. The van der Waals surface area contributed by atoms with Gasteiger partial charge in [0.1, 0.15) is 0 Å². The first kappa shape index (κ1) is 18.9. The van der Waals surface area contributed by atoms with Crippen molar-refractivity contribution in [2.24, 2.45) is 0 Å². The summed E-state index contributed by atoms with van der Waals surface area (Å²) in [4.78, 5) is 14.5. The molecule has 0 unspecified atom stereocenters. The van der Waals surface area contributed by atoms with Crippen molar-refractivity contribution in [2.45, 2.75) is 38.1 Å². The molecular weight excluding hydrogens is 372 g/mol. The zero-order chi connectivity index (χ0) is 20.5. The van der Waals surface area contributed by atoms with Crippen LogP contribution in [0.15, 0.2) is 72.8 Å². The van der Waals surface area contributed by atoms with Crippen LogP contribution in [0.4, 0.5) is 4.79 Å². The summed E-state index contributed by atoms with van der Waals surface area (Å²) >= 11 is 0. The molecule has 0 heterocycles. The van der Waals surface area contributed by atoms with Gasteiger partial charge in [0.05, 0.1) is 0 Å². The maximum Gasteiger partial charge on any atom is 0.410 e. The number of nitrogens with zero attached hydrogens (tertiary/aromatic N) is 1. The third kappa shape index (κ3) is 3.83. The van der Waals surface area contributed by atoms with E-state index in [-0.39, 0.29) is 12.2 Å². The number of nitrogens with one attached hydrogen (secondary N) is 1. The molecule has 0 aromatic heterocycles. The van der Waals surface area contributed by atoms with E-state index in [2.05, 4.69) is 41.7 Å². The van der Waals surface area contributed by atoms with E-state index >= 15 is 0 Å². The van der Waals surface area contributed by atoms with Crippen LogP contribution in [0, 0.1) is 0 Å². The van der Waals surface area contributed by atoms with Crippen LogP contribution in [-0.4, -0.2) is 24.1 Å². The smallest absolute Gasteiger partial charge is 0.410 e. The average Bonchev–Trinajstić information content (AvgIpc) is 3.56. The van der Waals surface area contributed by atoms with Crippen LogP contribution in [0.2, 0.25) is 0 Å². The second kappa shape index (κ2) is 7.96. The zero-order valence-electron chi connectivity index (χ0n) is 17.2. The van der Waals surface area contributed by atoms with Gasteiger partial charge in [0.2, 0.25) is 0 Å². The van der Waals surface area contributed by atoms with Gasteiger partial charge in [0, 0.05) is 37.3 Å². The Labute approximate surface area is 177 Å². The minimum atomic E-state index is -0.358. The van der Waals surface area contributed by atoms with Crippen molar-refractivity contribution in [1.82, 2.24) is 10.2 Å². The lowest BCUT2D eigenvalue weighted by Gasteiger charge is -2.21. The van der Waals surface area contributed by atoms with E-state index in [0.717, 1.165) is 34.4 Å². The quantitative estimate of drug-likeness (QED) is 0.614. The summed E-state index contributed by atoms with van der Waals surface area (Å²) in [6, 6.07) is 25.5. The maximum absolute atomic E-state index is 12.9. The molecule has 0 spiro atoms. The van der Waals surface area contributed by atoms with Gasteiger partial charge in [-0.3, -0.25) is 0 Å². The molecule has 0 bridgehead atoms. The monoisotopic (exact) mass is 398 g/mol. The van der Waals surface area contributed by atoms with Gasteiger partial charge in [-0.15, -0.1) is 0 Å². The summed E-state index contributed by atoms with van der Waals surface area (Å²) in [6.45, 7) is 1.43. The molecule has 0 aliphatic heterocycles. The van der Waals surface area contributed by atoms with Gasteiger partial charge in [0.15, 0.2) is 6.10 Å². The number of fused-ring (bicyclic) bond motifs is 3. The summed E-state index contributed by atoms with van der Waals surface area (Å²) in [5, 5.41) is 3.52. The average molecular weight is 399 g/mol. The predicted octanol–water partition coefficient (Wildman–Crippen LogP) is 5.28. The Hall–Kier alpha value is -3.11. The molecule has 2 aliphatic rings. The molecule has 0 radical (unpaired) electrons. The Morgan fingerprint density at radius 3 is 2.07 bits per heavy atom. The number of benzene rings is 3. The molecule has 1 N–H and O–H groups in total. The van der Waals surface area contributed by atoms with E-state index in [4.69, 9.17) is 4.74 Å². The standard InChI is InChI=1S/C26H26N2O2/c1-28(17-19-12-10-18(11-13-19)16-27-20-14-15-20)26(29)30-25-23-8-4-2-6-21(23)22-7-3-5-9-24(22)25/h2-13,20,25,27H,14-17H2,1H3. The molecule has 1 saturated carbocycles. The molecule has 2 aliphatic carbocycles. The van der Waals surface area contributed by atoms with E-state index in [1.165, 1.54) is 18.4 Å². The lowest BCUT2D eigenvalue weighted by Crippen LogP contribution is -2.28. The first-order chi connectivity index (χ1) is 14.7.